The smallest absolute Gasteiger partial charge is 0.344 e. The van der Waals surface area contributed by atoms with Crippen LogP contribution < -0.4 is 5.73 Å². The maximum atomic E-state index is 13.2. The molecule has 0 saturated heterocycles. The number of carboxylic acids is 1. The molecule has 0 spiro atoms. The minimum absolute atomic E-state index is 0. The predicted molar refractivity (Wildman–Crippen MR) is 73.4 cm³/mol. The minimum Gasteiger partial charge on any atom is -0.478 e. The summed E-state index contributed by atoms with van der Waals surface area (Å²) in [7, 11) is 0. The zero-order valence-corrected chi connectivity index (χ0v) is 12.3. The summed E-state index contributed by atoms with van der Waals surface area (Å²) in [6.45, 7) is 1.55. The Morgan fingerprint density at radius 3 is 2.06 bits per heavy atom. The second-order valence-corrected chi connectivity index (χ2v) is 3.91. The molecule has 0 bridgehead atoms. The fraction of sp³-hybridized carbons (Fsp3) is 0.750. The highest BCUT2D eigenvalue weighted by Gasteiger charge is 2.50. The van der Waals surface area contributed by atoms with E-state index in [0.717, 1.165) is 6.92 Å². The molecule has 4 N–H and O–H groups in total. The molecule has 0 aromatic carbocycles. The van der Waals surface area contributed by atoms with Crippen LogP contribution in [0, 0.1) is 5.41 Å². The van der Waals surface area contributed by atoms with Gasteiger partial charge in [-0.1, -0.05) is 0 Å². The van der Waals surface area contributed by atoms with Crippen molar-refractivity contribution in [2.75, 3.05) is 5.75 Å². The first kappa shape index (κ1) is 22.8. The van der Waals surface area contributed by atoms with E-state index in [-0.39, 0.29) is 41.9 Å². The van der Waals surface area contributed by atoms with Crippen LogP contribution in [0.2, 0.25) is 0 Å². The third-order valence-electron chi connectivity index (χ3n) is 1.99. The van der Waals surface area contributed by atoms with Gasteiger partial charge in [-0.3, -0.25) is 16.0 Å². The van der Waals surface area contributed by atoms with Crippen molar-refractivity contribution in [3.8, 4) is 0 Å². The molecule has 10 heteroatoms. The monoisotopic (exact) mass is 327 g/mol. The van der Waals surface area contributed by atoms with Gasteiger partial charge >= 0.3 is 12.0 Å². The zero-order valence-electron chi connectivity index (χ0n) is 9.81. The van der Waals surface area contributed by atoms with Crippen molar-refractivity contribution in [3.63, 3.8) is 0 Å². The van der Waals surface area contributed by atoms with Crippen LogP contribution in [-0.2, 0) is 4.79 Å². The van der Waals surface area contributed by atoms with Crippen LogP contribution in [0.25, 0.3) is 0 Å². The van der Waals surface area contributed by atoms with Crippen molar-refractivity contribution >= 4 is 49.2 Å². The Hall–Kier alpha value is -0.310. The van der Waals surface area contributed by atoms with Gasteiger partial charge in [0.25, 0.3) is 0 Å². The summed E-state index contributed by atoms with van der Waals surface area (Å²) in [5.41, 5.74) is 3.11. The number of nitrogens with zero attached hydrogens (tertiary/aromatic N) is 1. The summed E-state index contributed by atoms with van der Waals surface area (Å²) in [6, 6.07) is -3.53. The lowest BCUT2D eigenvalue weighted by Gasteiger charge is -2.41. The third-order valence-corrected chi connectivity index (χ3v) is 2.21. The lowest BCUT2D eigenvalue weighted by Crippen LogP contribution is -2.67. The van der Waals surface area contributed by atoms with Gasteiger partial charge in [0, 0.05) is 13.3 Å². The van der Waals surface area contributed by atoms with E-state index >= 15 is 0 Å². The first-order valence-corrected chi connectivity index (χ1v) is 5.07. The number of hydrogen-bond acceptors (Lipinski definition) is 4. The quantitative estimate of drug-likeness (QED) is 0.204. The van der Waals surface area contributed by atoms with Crippen LogP contribution in [0.1, 0.15) is 20.3 Å². The largest absolute Gasteiger partial charge is 0.478 e. The Morgan fingerprint density at radius 1 is 1.50 bits per heavy atom. The molecule has 0 aliphatic rings. The first-order chi connectivity index (χ1) is 7.07. The van der Waals surface area contributed by atoms with Crippen molar-refractivity contribution < 1.29 is 18.7 Å². The van der Waals surface area contributed by atoms with Crippen LogP contribution in [0.3, 0.4) is 0 Å². The molecule has 18 heavy (non-hydrogen) atoms. The number of carboxylic acid groups (broad SMARTS) is 1. The van der Waals surface area contributed by atoms with Gasteiger partial charge in [-0.25, -0.2) is 4.79 Å². The number of thiol groups is 1. The Labute approximate surface area is 122 Å². The predicted octanol–water partition coefficient (Wildman–Crippen LogP) is 1.80. The lowest BCUT2D eigenvalue weighted by molar-refractivity contribution is -0.174. The van der Waals surface area contributed by atoms with Gasteiger partial charge in [-0.15, -0.1) is 24.8 Å². The van der Waals surface area contributed by atoms with Crippen molar-refractivity contribution in [2.24, 2.45) is 5.73 Å². The molecule has 0 aromatic rings. The fourth-order valence-corrected chi connectivity index (χ4v) is 1.77. The molecular formula is C8H17Cl2F2N3O2S. The van der Waals surface area contributed by atoms with Crippen molar-refractivity contribution in [1.82, 2.24) is 4.90 Å². The second kappa shape index (κ2) is 7.98. The van der Waals surface area contributed by atoms with E-state index in [2.05, 4.69) is 12.6 Å². The van der Waals surface area contributed by atoms with Gasteiger partial charge in [0.2, 0.25) is 0 Å². The van der Waals surface area contributed by atoms with Gasteiger partial charge in [0.05, 0.1) is 5.84 Å². The van der Waals surface area contributed by atoms with Crippen molar-refractivity contribution in [2.45, 2.75) is 32.0 Å². The van der Waals surface area contributed by atoms with Crippen LogP contribution in [0.5, 0.6) is 0 Å². The minimum atomic E-state index is -3.53. The molecule has 5 nitrogen and oxygen atoms in total. The number of amidine groups is 1. The van der Waals surface area contributed by atoms with Crippen LogP contribution in [0.15, 0.2) is 0 Å². The average Bonchev–Trinajstić information content (AvgIpc) is 1.99. The highest BCUT2D eigenvalue weighted by atomic mass is 35.5. The highest BCUT2D eigenvalue weighted by Crippen LogP contribution is 2.28. The van der Waals surface area contributed by atoms with E-state index in [4.69, 9.17) is 16.2 Å². The standard InChI is InChI=1S/C8H15F2N3O2S.2ClH/c1-5(11)13(7(2,9)10)8(12,3-4-16)6(14)15;;/h11,16H,3-4,12H2,1-2H3,(H,14,15);2*1H. The maximum absolute atomic E-state index is 13.2. The number of carbonyl (C=O) groups is 1. The summed E-state index contributed by atoms with van der Waals surface area (Å²) in [5, 5.41) is 16.1. The second-order valence-electron chi connectivity index (χ2n) is 3.47. The van der Waals surface area contributed by atoms with E-state index in [0.29, 0.717) is 6.92 Å². The molecule has 1 atom stereocenters. The SMILES string of the molecule is CC(=N)N(C(C)(F)F)C(N)(CCS)C(=O)O.Cl.Cl. The maximum Gasteiger partial charge on any atom is 0.344 e. The van der Waals surface area contributed by atoms with Gasteiger partial charge in [0.1, 0.15) is 0 Å². The number of rotatable bonds is 5. The molecule has 0 rings (SSSR count). The number of hydrogen-bond donors (Lipinski definition) is 4. The number of aliphatic carboxylic acids is 1. The molecule has 0 radical (unpaired) electrons. The van der Waals surface area contributed by atoms with Crippen LogP contribution in [0.4, 0.5) is 8.78 Å². The number of nitrogens with two attached hydrogens (primary N) is 1. The normalized spacial score (nSPS) is 13.7. The number of alkyl halides is 2. The van der Waals surface area contributed by atoms with E-state index < -0.39 is 23.5 Å². The summed E-state index contributed by atoms with van der Waals surface area (Å²) in [5.74, 6) is -2.21. The molecule has 110 valence electrons. The zero-order chi connectivity index (χ0) is 13.1. The van der Waals surface area contributed by atoms with Crippen LogP contribution in [-0.4, -0.2) is 39.3 Å². The van der Waals surface area contributed by atoms with Gasteiger partial charge in [-0.2, -0.15) is 21.4 Å². The fourth-order valence-electron chi connectivity index (χ4n) is 1.43. The third kappa shape index (κ3) is 5.13. The van der Waals surface area contributed by atoms with E-state index in [1.807, 2.05) is 0 Å². The first-order valence-electron chi connectivity index (χ1n) is 4.43. The van der Waals surface area contributed by atoms with Gasteiger partial charge < -0.3 is 5.11 Å². The molecule has 0 saturated carbocycles. The van der Waals surface area contributed by atoms with Crippen molar-refractivity contribution in [3.05, 3.63) is 0 Å². The van der Waals surface area contributed by atoms with E-state index in [1.165, 1.54) is 0 Å². The number of halogens is 4. The Kier molecular flexibility index (Phi) is 10.1. The topological polar surface area (TPSA) is 90.4 Å². The highest BCUT2D eigenvalue weighted by molar-refractivity contribution is 7.80. The average molecular weight is 328 g/mol. The van der Waals surface area contributed by atoms with E-state index in [9.17, 15) is 13.6 Å². The molecule has 1 unspecified atom stereocenters. The van der Waals surface area contributed by atoms with Crippen molar-refractivity contribution in [1.29, 1.82) is 5.41 Å². The summed E-state index contributed by atoms with van der Waals surface area (Å²) < 4.78 is 26.5. The molecule has 0 amide bonds. The molecule has 0 aromatic heterocycles. The van der Waals surface area contributed by atoms with Gasteiger partial charge in [-0.05, 0) is 12.7 Å². The molecule has 0 fully saturated rings. The Bertz CT molecular complexity index is 305. The molecule has 0 aliphatic heterocycles. The molecule has 0 aliphatic carbocycles. The van der Waals surface area contributed by atoms with Gasteiger partial charge in [0.15, 0.2) is 5.66 Å². The summed E-state index contributed by atoms with van der Waals surface area (Å²) >= 11 is 3.78. The Morgan fingerprint density at radius 2 is 1.89 bits per heavy atom. The summed E-state index contributed by atoms with van der Waals surface area (Å²) in [4.78, 5) is 11.1. The lowest BCUT2D eigenvalue weighted by atomic mass is 10.1. The molecular weight excluding hydrogens is 311 g/mol. The summed E-state index contributed by atoms with van der Waals surface area (Å²) in [6.07, 6.45) is -0.301. The Balaban J connectivity index is -0.00000112. The van der Waals surface area contributed by atoms with E-state index in [1.54, 1.807) is 0 Å². The van der Waals surface area contributed by atoms with Crippen LogP contribution >= 0.6 is 37.4 Å². The number of nitrogens with one attached hydrogen (secondary N) is 1. The molecule has 0 heterocycles.